The minimum atomic E-state index is -4.23. The summed E-state index contributed by atoms with van der Waals surface area (Å²) in [5.41, 5.74) is -1.11. The van der Waals surface area contributed by atoms with Crippen molar-refractivity contribution in [3.63, 3.8) is 0 Å². The van der Waals surface area contributed by atoms with E-state index in [0.717, 1.165) is 6.07 Å². The lowest BCUT2D eigenvalue weighted by molar-refractivity contribution is -0.387. The zero-order valence-electron chi connectivity index (χ0n) is 13.3. The summed E-state index contributed by atoms with van der Waals surface area (Å²) < 4.78 is 40.6. The standard InChI is InChI=1S/C14H21FN2O5S/c1-10-7-12(17(19)20)13(8-11(10)15)23(21,22)16-9-14(2,3)5-4-6-18/h7-8,16,18H,4-6,9H2,1-3H3. The molecule has 0 saturated heterocycles. The lowest BCUT2D eigenvalue weighted by Crippen LogP contribution is -2.34. The number of aliphatic hydroxyl groups is 1. The Kier molecular flexibility index (Phi) is 6.20. The SMILES string of the molecule is Cc1cc([N+](=O)[O-])c(S(=O)(=O)NCC(C)(C)CCCO)cc1F. The number of nitro groups is 1. The van der Waals surface area contributed by atoms with Crippen molar-refractivity contribution in [3.05, 3.63) is 33.6 Å². The van der Waals surface area contributed by atoms with Crippen LogP contribution >= 0.6 is 0 Å². The molecule has 1 aromatic carbocycles. The maximum atomic E-state index is 13.7. The Balaban J connectivity index is 3.10. The fraction of sp³-hybridized carbons (Fsp3) is 0.571. The molecule has 0 heterocycles. The maximum Gasteiger partial charge on any atom is 0.289 e. The molecule has 23 heavy (non-hydrogen) atoms. The van der Waals surface area contributed by atoms with Crippen LogP contribution in [-0.2, 0) is 10.0 Å². The molecule has 0 fully saturated rings. The van der Waals surface area contributed by atoms with Crippen molar-refractivity contribution in [2.75, 3.05) is 13.2 Å². The Hall–Kier alpha value is -1.58. The zero-order valence-corrected chi connectivity index (χ0v) is 14.1. The van der Waals surface area contributed by atoms with Crippen molar-refractivity contribution >= 4 is 15.7 Å². The number of hydrogen-bond acceptors (Lipinski definition) is 5. The van der Waals surface area contributed by atoms with Crippen LogP contribution in [0.1, 0.15) is 32.3 Å². The van der Waals surface area contributed by atoms with Gasteiger partial charge >= 0.3 is 0 Å². The van der Waals surface area contributed by atoms with Gasteiger partial charge in [-0.2, -0.15) is 0 Å². The number of nitrogens with zero attached hydrogens (tertiary/aromatic N) is 1. The highest BCUT2D eigenvalue weighted by atomic mass is 32.2. The van der Waals surface area contributed by atoms with Gasteiger partial charge in [-0.3, -0.25) is 10.1 Å². The van der Waals surface area contributed by atoms with Crippen LogP contribution in [0.15, 0.2) is 17.0 Å². The van der Waals surface area contributed by atoms with Gasteiger partial charge in [0.1, 0.15) is 5.82 Å². The third kappa shape index (κ3) is 5.22. The number of halogens is 1. The van der Waals surface area contributed by atoms with Crippen LogP contribution in [0.3, 0.4) is 0 Å². The van der Waals surface area contributed by atoms with Crippen molar-refractivity contribution < 1.29 is 22.8 Å². The summed E-state index contributed by atoms with van der Waals surface area (Å²) >= 11 is 0. The van der Waals surface area contributed by atoms with Crippen molar-refractivity contribution in [3.8, 4) is 0 Å². The van der Waals surface area contributed by atoms with E-state index in [1.165, 1.54) is 6.92 Å². The van der Waals surface area contributed by atoms with E-state index >= 15 is 0 Å². The molecule has 0 bridgehead atoms. The van der Waals surface area contributed by atoms with E-state index in [2.05, 4.69) is 4.72 Å². The molecule has 0 aromatic heterocycles. The predicted molar refractivity (Wildman–Crippen MR) is 83.1 cm³/mol. The highest BCUT2D eigenvalue weighted by Crippen LogP contribution is 2.28. The number of benzene rings is 1. The molecule has 130 valence electrons. The average molecular weight is 348 g/mol. The van der Waals surface area contributed by atoms with Gasteiger partial charge in [-0.1, -0.05) is 13.8 Å². The summed E-state index contributed by atoms with van der Waals surface area (Å²) in [6, 6.07) is 1.57. The quantitative estimate of drug-likeness (QED) is 0.552. The molecule has 0 unspecified atom stereocenters. The van der Waals surface area contributed by atoms with Gasteiger partial charge in [0.15, 0.2) is 4.90 Å². The topological polar surface area (TPSA) is 110 Å². The molecule has 7 nitrogen and oxygen atoms in total. The van der Waals surface area contributed by atoms with Gasteiger partial charge in [-0.05, 0) is 30.7 Å². The number of sulfonamides is 1. The smallest absolute Gasteiger partial charge is 0.289 e. The highest BCUT2D eigenvalue weighted by molar-refractivity contribution is 7.89. The summed E-state index contributed by atoms with van der Waals surface area (Å²) in [5.74, 6) is -0.824. The van der Waals surface area contributed by atoms with E-state index < -0.39 is 36.8 Å². The van der Waals surface area contributed by atoms with E-state index in [1.54, 1.807) is 13.8 Å². The second-order valence-corrected chi connectivity index (χ2v) is 7.88. The molecule has 0 aliphatic heterocycles. The largest absolute Gasteiger partial charge is 0.396 e. The third-order valence-corrected chi connectivity index (χ3v) is 4.91. The lowest BCUT2D eigenvalue weighted by atomic mass is 9.88. The molecule has 1 rings (SSSR count). The first kappa shape index (κ1) is 19.5. The monoisotopic (exact) mass is 348 g/mol. The van der Waals surface area contributed by atoms with Crippen LogP contribution in [-0.4, -0.2) is 31.6 Å². The normalized spacial score (nSPS) is 12.4. The van der Waals surface area contributed by atoms with Crippen molar-refractivity contribution in [2.45, 2.75) is 38.5 Å². The van der Waals surface area contributed by atoms with Crippen LogP contribution < -0.4 is 4.72 Å². The molecule has 1 aromatic rings. The maximum absolute atomic E-state index is 13.7. The molecular formula is C14H21FN2O5S. The summed E-state index contributed by atoms with van der Waals surface area (Å²) in [7, 11) is -4.23. The van der Waals surface area contributed by atoms with E-state index in [9.17, 15) is 22.9 Å². The molecule has 0 amide bonds. The van der Waals surface area contributed by atoms with Crippen molar-refractivity contribution in [1.29, 1.82) is 0 Å². The zero-order chi connectivity index (χ0) is 17.8. The Morgan fingerprint density at radius 3 is 2.52 bits per heavy atom. The fourth-order valence-electron chi connectivity index (χ4n) is 2.02. The van der Waals surface area contributed by atoms with E-state index in [4.69, 9.17) is 5.11 Å². The molecule has 0 atom stereocenters. The minimum Gasteiger partial charge on any atom is -0.396 e. The van der Waals surface area contributed by atoms with Crippen molar-refractivity contribution in [2.24, 2.45) is 5.41 Å². The predicted octanol–water partition coefficient (Wildman–Crippen LogP) is 2.12. The molecule has 0 spiro atoms. The Labute approximate surface area is 134 Å². The van der Waals surface area contributed by atoms with Gasteiger partial charge in [-0.25, -0.2) is 17.5 Å². The van der Waals surface area contributed by atoms with Gasteiger partial charge in [-0.15, -0.1) is 0 Å². The molecule has 0 saturated carbocycles. The first-order valence-corrected chi connectivity index (χ1v) is 8.53. The molecule has 2 N–H and O–H groups in total. The number of aliphatic hydroxyl groups excluding tert-OH is 1. The highest BCUT2D eigenvalue weighted by Gasteiger charge is 2.29. The third-order valence-electron chi connectivity index (χ3n) is 3.48. The van der Waals surface area contributed by atoms with Gasteiger partial charge in [0.25, 0.3) is 5.69 Å². The van der Waals surface area contributed by atoms with Crippen LogP contribution in [0.25, 0.3) is 0 Å². The van der Waals surface area contributed by atoms with Gasteiger partial charge < -0.3 is 5.11 Å². The summed E-state index contributed by atoms with van der Waals surface area (Å²) in [5, 5.41) is 19.9. The Morgan fingerprint density at radius 2 is 2.00 bits per heavy atom. The van der Waals surface area contributed by atoms with Crippen LogP contribution in [0.2, 0.25) is 0 Å². The number of rotatable bonds is 8. The number of aryl methyl sites for hydroxylation is 1. The van der Waals surface area contributed by atoms with E-state index in [0.29, 0.717) is 18.9 Å². The number of nitro benzene ring substituents is 1. The van der Waals surface area contributed by atoms with E-state index in [-0.39, 0.29) is 18.7 Å². The van der Waals surface area contributed by atoms with Gasteiger partial charge in [0.05, 0.1) is 4.92 Å². The lowest BCUT2D eigenvalue weighted by Gasteiger charge is -2.24. The Morgan fingerprint density at radius 1 is 1.39 bits per heavy atom. The first-order valence-electron chi connectivity index (χ1n) is 7.05. The first-order chi connectivity index (χ1) is 10.5. The average Bonchev–Trinajstić information content (AvgIpc) is 2.45. The van der Waals surface area contributed by atoms with Gasteiger partial charge in [0.2, 0.25) is 10.0 Å². The number of hydrogen-bond donors (Lipinski definition) is 2. The molecule has 0 aliphatic rings. The molecule has 0 radical (unpaired) electrons. The van der Waals surface area contributed by atoms with Crippen LogP contribution in [0.5, 0.6) is 0 Å². The molecular weight excluding hydrogens is 327 g/mol. The van der Waals surface area contributed by atoms with E-state index in [1.807, 2.05) is 0 Å². The molecule has 0 aliphatic carbocycles. The Bertz CT molecular complexity index is 689. The molecule has 9 heteroatoms. The summed E-state index contributed by atoms with van der Waals surface area (Å²) in [6.07, 6.45) is 1.07. The van der Waals surface area contributed by atoms with Crippen LogP contribution in [0, 0.1) is 28.3 Å². The minimum absolute atomic E-state index is 0.000995. The second-order valence-electron chi connectivity index (χ2n) is 6.14. The van der Waals surface area contributed by atoms with Crippen molar-refractivity contribution in [1.82, 2.24) is 4.72 Å². The summed E-state index contributed by atoms with van der Waals surface area (Å²) in [4.78, 5) is 9.50. The second kappa shape index (κ2) is 7.33. The fourth-order valence-corrected chi connectivity index (χ4v) is 3.42. The summed E-state index contributed by atoms with van der Waals surface area (Å²) in [6.45, 7) is 4.93. The van der Waals surface area contributed by atoms with Gasteiger partial charge in [0, 0.05) is 25.3 Å². The van der Waals surface area contributed by atoms with Crippen LogP contribution in [0.4, 0.5) is 10.1 Å². The number of nitrogens with one attached hydrogen (secondary N) is 1.